The Bertz CT molecular complexity index is 1120. The molecule has 8 nitrogen and oxygen atoms in total. The number of Topliss-reactive ketones (excluding diaryl/α,β-unsaturated/α-hetero) is 1. The van der Waals surface area contributed by atoms with Crippen molar-refractivity contribution in [2.75, 3.05) is 33.5 Å². The van der Waals surface area contributed by atoms with E-state index in [9.17, 15) is 14.7 Å². The topological polar surface area (TPSA) is 94.5 Å². The van der Waals surface area contributed by atoms with Gasteiger partial charge >= 0.3 is 0 Å². The standard InChI is InChI=1S/C25H25NO7/c1-30-18-7-3-2-6-17(18)22-21(24(28)25(29)26(22)14-16-5-4-10-31-16)23(27)15-8-9-19-20(13-15)33-12-11-32-19/h2-3,6-9,13,16,22,27H,4-5,10-12,14H2,1H3. The number of aliphatic hydroxyl groups is 1. The van der Waals surface area contributed by atoms with Crippen LogP contribution in [0.5, 0.6) is 17.2 Å². The fourth-order valence-electron chi connectivity index (χ4n) is 4.64. The normalized spacial score (nSPS) is 23.7. The number of methoxy groups -OCH3 is 1. The van der Waals surface area contributed by atoms with Gasteiger partial charge < -0.3 is 29.0 Å². The Morgan fingerprint density at radius 2 is 1.88 bits per heavy atom. The van der Waals surface area contributed by atoms with Gasteiger partial charge in [-0.1, -0.05) is 18.2 Å². The lowest BCUT2D eigenvalue weighted by molar-refractivity contribution is -0.140. The molecule has 3 heterocycles. The number of hydrogen-bond donors (Lipinski definition) is 1. The summed E-state index contributed by atoms with van der Waals surface area (Å²) in [7, 11) is 1.53. The fourth-order valence-corrected chi connectivity index (χ4v) is 4.64. The SMILES string of the molecule is COc1ccccc1C1C(=C(O)c2ccc3c(c2)OCCO3)C(=O)C(=O)N1CC1CCCO1. The lowest BCUT2D eigenvalue weighted by Gasteiger charge is -2.28. The van der Waals surface area contributed by atoms with Gasteiger partial charge in [0.25, 0.3) is 11.7 Å². The number of rotatable bonds is 5. The van der Waals surface area contributed by atoms with Crippen LogP contribution in [0.1, 0.15) is 30.0 Å². The van der Waals surface area contributed by atoms with Gasteiger partial charge in [0, 0.05) is 24.3 Å². The predicted molar refractivity (Wildman–Crippen MR) is 118 cm³/mol. The summed E-state index contributed by atoms with van der Waals surface area (Å²) < 4.78 is 22.4. The maximum absolute atomic E-state index is 13.2. The minimum atomic E-state index is -0.807. The van der Waals surface area contributed by atoms with Crippen LogP contribution >= 0.6 is 0 Å². The van der Waals surface area contributed by atoms with Gasteiger partial charge in [0.15, 0.2) is 11.5 Å². The molecule has 2 atom stereocenters. The van der Waals surface area contributed by atoms with Crippen molar-refractivity contribution in [1.82, 2.24) is 4.90 Å². The number of carbonyl (C=O) groups excluding carboxylic acids is 2. The lowest BCUT2D eigenvalue weighted by atomic mass is 9.94. The summed E-state index contributed by atoms with van der Waals surface area (Å²) >= 11 is 0. The molecule has 2 aromatic carbocycles. The van der Waals surface area contributed by atoms with Crippen LogP contribution in [0.3, 0.4) is 0 Å². The van der Waals surface area contributed by atoms with Crippen LogP contribution in [-0.2, 0) is 14.3 Å². The van der Waals surface area contributed by atoms with Crippen molar-refractivity contribution in [3.8, 4) is 17.2 Å². The molecule has 5 rings (SSSR count). The van der Waals surface area contributed by atoms with Crippen LogP contribution in [-0.4, -0.2) is 61.3 Å². The maximum Gasteiger partial charge on any atom is 0.295 e. The quantitative estimate of drug-likeness (QED) is 0.424. The molecule has 0 aromatic heterocycles. The van der Waals surface area contributed by atoms with Gasteiger partial charge in [-0.05, 0) is 37.1 Å². The molecule has 3 aliphatic heterocycles. The van der Waals surface area contributed by atoms with Gasteiger partial charge in [0.05, 0.1) is 24.8 Å². The number of ketones is 1. The Kier molecular flexibility index (Phi) is 5.68. The van der Waals surface area contributed by atoms with E-state index in [2.05, 4.69) is 0 Å². The molecule has 0 radical (unpaired) electrons. The third kappa shape index (κ3) is 3.80. The maximum atomic E-state index is 13.2. The Morgan fingerprint density at radius 3 is 2.64 bits per heavy atom. The highest BCUT2D eigenvalue weighted by molar-refractivity contribution is 6.46. The number of aliphatic hydroxyl groups excluding tert-OH is 1. The summed E-state index contributed by atoms with van der Waals surface area (Å²) in [4.78, 5) is 27.9. The summed E-state index contributed by atoms with van der Waals surface area (Å²) in [6.07, 6.45) is 1.56. The first-order chi connectivity index (χ1) is 16.1. The van der Waals surface area contributed by atoms with E-state index in [4.69, 9.17) is 18.9 Å². The molecule has 2 aromatic rings. The van der Waals surface area contributed by atoms with E-state index < -0.39 is 17.7 Å². The Balaban J connectivity index is 1.63. The van der Waals surface area contributed by atoms with Gasteiger partial charge in [-0.3, -0.25) is 9.59 Å². The van der Waals surface area contributed by atoms with E-state index in [1.165, 1.54) is 12.0 Å². The third-order valence-electron chi connectivity index (χ3n) is 6.21. The van der Waals surface area contributed by atoms with E-state index in [0.717, 1.165) is 12.8 Å². The summed E-state index contributed by atoms with van der Waals surface area (Å²) in [6.45, 7) is 1.72. The van der Waals surface area contributed by atoms with Crippen LogP contribution in [0.2, 0.25) is 0 Å². The van der Waals surface area contributed by atoms with Crippen molar-refractivity contribution >= 4 is 17.4 Å². The number of benzene rings is 2. The molecular weight excluding hydrogens is 426 g/mol. The van der Waals surface area contributed by atoms with Crippen molar-refractivity contribution in [2.24, 2.45) is 0 Å². The fraction of sp³-hybridized carbons (Fsp3) is 0.360. The van der Waals surface area contributed by atoms with Gasteiger partial charge in [0.1, 0.15) is 24.7 Å². The van der Waals surface area contributed by atoms with E-state index >= 15 is 0 Å². The average molecular weight is 451 g/mol. The van der Waals surface area contributed by atoms with Crippen molar-refractivity contribution < 1.29 is 33.6 Å². The molecule has 1 amide bonds. The van der Waals surface area contributed by atoms with Crippen LogP contribution < -0.4 is 14.2 Å². The first-order valence-corrected chi connectivity index (χ1v) is 11.0. The second-order valence-corrected chi connectivity index (χ2v) is 8.19. The minimum Gasteiger partial charge on any atom is -0.507 e. The Hall–Kier alpha value is -3.52. The zero-order valence-corrected chi connectivity index (χ0v) is 18.3. The second-order valence-electron chi connectivity index (χ2n) is 8.19. The zero-order valence-electron chi connectivity index (χ0n) is 18.3. The molecule has 8 heteroatoms. The van der Waals surface area contributed by atoms with E-state index in [1.54, 1.807) is 30.3 Å². The first kappa shape index (κ1) is 21.3. The molecular formula is C25H25NO7. The number of amides is 1. The molecule has 0 saturated carbocycles. The highest BCUT2D eigenvalue weighted by Crippen LogP contribution is 2.44. The number of hydrogen-bond acceptors (Lipinski definition) is 7. The third-order valence-corrected chi connectivity index (χ3v) is 6.21. The Morgan fingerprint density at radius 1 is 1.09 bits per heavy atom. The van der Waals surface area contributed by atoms with Crippen molar-refractivity contribution in [1.29, 1.82) is 0 Å². The van der Waals surface area contributed by atoms with Gasteiger partial charge in [-0.15, -0.1) is 0 Å². The number of para-hydroxylation sites is 1. The summed E-state index contributed by atoms with van der Waals surface area (Å²) in [6, 6.07) is 11.3. The molecule has 1 N–H and O–H groups in total. The van der Waals surface area contributed by atoms with E-state index in [-0.39, 0.29) is 24.0 Å². The minimum absolute atomic E-state index is 0.0131. The molecule has 0 spiro atoms. The molecule has 3 aliphatic rings. The molecule has 2 fully saturated rings. The number of nitrogens with zero attached hydrogens (tertiary/aromatic N) is 1. The summed E-state index contributed by atoms with van der Waals surface area (Å²) in [5.41, 5.74) is 1.00. The molecule has 2 unspecified atom stereocenters. The van der Waals surface area contributed by atoms with Crippen molar-refractivity contribution in [2.45, 2.75) is 25.0 Å². The van der Waals surface area contributed by atoms with Crippen LogP contribution in [0.15, 0.2) is 48.0 Å². The van der Waals surface area contributed by atoms with Crippen molar-refractivity contribution in [3.63, 3.8) is 0 Å². The average Bonchev–Trinajstić information content (AvgIpc) is 3.45. The Labute approximate surface area is 191 Å². The lowest BCUT2D eigenvalue weighted by Crippen LogP contribution is -2.36. The predicted octanol–water partition coefficient (Wildman–Crippen LogP) is 3.07. The highest BCUT2D eigenvalue weighted by atomic mass is 16.6. The number of likely N-dealkylation sites (tertiary alicyclic amines) is 1. The molecule has 0 aliphatic carbocycles. The molecule has 0 bridgehead atoms. The molecule has 33 heavy (non-hydrogen) atoms. The number of carbonyl (C=O) groups is 2. The van der Waals surface area contributed by atoms with E-state index in [1.807, 2.05) is 12.1 Å². The van der Waals surface area contributed by atoms with Gasteiger partial charge in [0.2, 0.25) is 0 Å². The van der Waals surface area contributed by atoms with Crippen LogP contribution in [0.4, 0.5) is 0 Å². The summed E-state index contributed by atoms with van der Waals surface area (Å²) in [5, 5.41) is 11.3. The van der Waals surface area contributed by atoms with Crippen LogP contribution in [0, 0.1) is 0 Å². The van der Waals surface area contributed by atoms with Gasteiger partial charge in [-0.25, -0.2) is 0 Å². The highest BCUT2D eigenvalue weighted by Gasteiger charge is 2.48. The van der Waals surface area contributed by atoms with Crippen LogP contribution in [0.25, 0.3) is 5.76 Å². The van der Waals surface area contributed by atoms with Crippen molar-refractivity contribution in [3.05, 3.63) is 59.2 Å². The van der Waals surface area contributed by atoms with E-state index in [0.29, 0.717) is 48.2 Å². The second kappa shape index (κ2) is 8.78. The molecule has 172 valence electrons. The van der Waals surface area contributed by atoms with Gasteiger partial charge in [-0.2, -0.15) is 0 Å². The monoisotopic (exact) mass is 451 g/mol. The smallest absolute Gasteiger partial charge is 0.295 e. The molecule has 2 saturated heterocycles. The number of fused-ring (bicyclic) bond motifs is 1. The largest absolute Gasteiger partial charge is 0.507 e. The zero-order chi connectivity index (χ0) is 22.9. The summed E-state index contributed by atoms with van der Waals surface area (Å²) in [5.74, 6) is -0.103. The first-order valence-electron chi connectivity index (χ1n) is 11.0. The number of ether oxygens (including phenoxy) is 4.